The second-order valence-corrected chi connectivity index (χ2v) is 10.7. The summed E-state index contributed by atoms with van der Waals surface area (Å²) >= 11 is 0. The molecular formula is C32H29N3. The zero-order chi connectivity index (χ0) is 24.5. The fourth-order valence-corrected chi connectivity index (χ4v) is 5.96. The summed E-state index contributed by atoms with van der Waals surface area (Å²) in [5.74, 6) is 0.549. The first-order chi connectivity index (χ1) is 16.7. The Hall–Kier alpha value is -3.98. The van der Waals surface area contributed by atoms with E-state index in [0.717, 1.165) is 11.1 Å². The van der Waals surface area contributed by atoms with Crippen molar-refractivity contribution in [1.29, 1.82) is 5.41 Å². The van der Waals surface area contributed by atoms with Gasteiger partial charge in [0.1, 0.15) is 5.84 Å². The van der Waals surface area contributed by atoms with E-state index in [2.05, 4.69) is 105 Å². The number of nitrogens with zero attached hydrogens (tertiary/aromatic N) is 1. The monoisotopic (exact) mass is 455 g/mol. The van der Waals surface area contributed by atoms with Crippen molar-refractivity contribution >= 4 is 11.7 Å². The van der Waals surface area contributed by atoms with Crippen LogP contribution >= 0.6 is 0 Å². The minimum atomic E-state index is -0.113. The van der Waals surface area contributed by atoms with Crippen LogP contribution < -0.4 is 5.73 Å². The molecule has 0 fully saturated rings. The average Bonchev–Trinajstić information content (AvgIpc) is 3.23. The van der Waals surface area contributed by atoms with Crippen LogP contribution in [-0.4, -0.2) is 11.7 Å². The van der Waals surface area contributed by atoms with Crippen molar-refractivity contribution in [2.24, 2.45) is 10.7 Å². The lowest BCUT2D eigenvalue weighted by molar-refractivity contribution is 0.660. The maximum Gasteiger partial charge on any atom is 0.154 e. The molecule has 0 atom stereocenters. The highest BCUT2D eigenvalue weighted by atomic mass is 14.9. The third kappa shape index (κ3) is 3.04. The Labute approximate surface area is 206 Å². The molecule has 3 heteroatoms. The van der Waals surface area contributed by atoms with Gasteiger partial charge in [0.05, 0.1) is 0 Å². The number of hydrogen-bond acceptors (Lipinski definition) is 1. The summed E-state index contributed by atoms with van der Waals surface area (Å²) in [4.78, 5) is 4.54. The molecule has 0 saturated heterocycles. The minimum Gasteiger partial charge on any atom is -0.383 e. The number of nitrogens with two attached hydrogens (primary N) is 1. The van der Waals surface area contributed by atoms with Crippen molar-refractivity contribution in [3.63, 3.8) is 0 Å². The molecule has 0 heterocycles. The van der Waals surface area contributed by atoms with Gasteiger partial charge in [0.2, 0.25) is 0 Å². The number of rotatable bonds is 2. The molecule has 0 bridgehead atoms. The number of fused-ring (bicyclic) bond motifs is 6. The Kier molecular flexibility index (Phi) is 4.47. The number of amidine groups is 2. The molecule has 0 spiro atoms. The molecule has 0 unspecified atom stereocenters. The van der Waals surface area contributed by atoms with Crippen LogP contribution in [0.5, 0.6) is 0 Å². The molecule has 3 nitrogen and oxygen atoms in total. The summed E-state index contributed by atoms with van der Waals surface area (Å²) in [5.41, 5.74) is 18.0. The number of aliphatic imine (C=N–C) groups is 1. The van der Waals surface area contributed by atoms with E-state index in [1.165, 1.54) is 44.5 Å². The van der Waals surface area contributed by atoms with Gasteiger partial charge in [-0.3, -0.25) is 5.41 Å². The van der Waals surface area contributed by atoms with E-state index >= 15 is 0 Å². The lowest BCUT2D eigenvalue weighted by Gasteiger charge is -2.22. The van der Waals surface area contributed by atoms with E-state index in [9.17, 15) is 0 Å². The molecule has 3 N–H and O–H groups in total. The highest BCUT2D eigenvalue weighted by Gasteiger charge is 2.36. The molecule has 35 heavy (non-hydrogen) atoms. The van der Waals surface area contributed by atoms with Gasteiger partial charge in [0.25, 0.3) is 0 Å². The van der Waals surface area contributed by atoms with E-state index in [0.29, 0.717) is 5.84 Å². The summed E-state index contributed by atoms with van der Waals surface area (Å²) in [6.07, 6.45) is 0. The Bertz CT molecular complexity index is 1570. The predicted molar refractivity (Wildman–Crippen MR) is 146 cm³/mol. The van der Waals surface area contributed by atoms with E-state index in [-0.39, 0.29) is 16.7 Å². The van der Waals surface area contributed by atoms with Crippen molar-refractivity contribution in [3.05, 3.63) is 118 Å². The molecule has 0 amide bonds. The van der Waals surface area contributed by atoms with Gasteiger partial charge in [-0.05, 0) is 56.6 Å². The molecule has 6 rings (SSSR count). The van der Waals surface area contributed by atoms with Gasteiger partial charge >= 0.3 is 0 Å². The zero-order valence-corrected chi connectivity index (χ0v) is 20.6. The number of benzene rings is 4. The Morgan fingerprint density at radius 3 is 1.57 bits per heavy atom. The maximum atomic E-state index is 8.73. The van der Waals surface area contributed by atoms with E-state index in [4.69, 9.17) is 11.1 Å². The van der Waals surface area contributed by atoms with E-state index in [1.807, 2.05) is 12.1 Å². The second kappa shape index (κ2) is 7.26. The first-order valence-electron chi connectivity index (χ1n) is 12.1. The minimum absolute atomic E-state index is 0.101. The zero-order valence-electron chi connectivity index (χ0n) is 20.6. The van der Waals surface area contributed by atoms with Crippen molar-refractivity contribution < 1.29 is 0 Å². The number of nitrogens with one attached hydrogen (secondary N) is 1. The quantitative estimate of drug-likeness (QED) is 0.247. The maximum absolute atomic E-state index is 8.73. The summed E-state index contributed by atoms with van der Waals surface area (Å²) in [5, 5.41) is 8.73. The van der Waals surface area contributed by atoms with Gasteiger partial charge in [0, 0.05) is 22.0 Å². The third-order valence-corrected chi connectivity index (χ3v) is 7.97. The topological polar surface area (TPSA) is 62.2 Å². The molecule has 2 aliphatic carbocycles. The molecule has 4 aromatic rings. The van der Waals surface area contributed by atoms with Gasteiger partial charge in [-0.1, -0.05) is 100 Å². The first kappa shape index (κ1) is 21.5. The summed E-state index contributed by atoms with van der Waals surface area (Å²) in [7, 11) is 0. The SMILES string of the molecule is CC1(C)c2ccccc2-c2ccc(C(=N)N=C(N)c3ccc4c(c3)C(C)(C)c3ccccc3-4)cc21. The van der Waals surface area contributed by atoms with Crippen LogP contribution in [-0.2, 0) is 10.8 Å². The molecule has 0 aromatic heterocycles. The molecule has 0 aliphatic heterocycles. The van der Waals surface area contributed by atoms with Crippen molar-refractivity contribution in [2.75, 3.05) is 0 Å². The Balaban J connectivity index is 1.35. The fourth-order valence-electron chi connectivity index (χ4n) is 5.96. The van der Waals surface area contributed by atoms with Crippen molar-refractivity contribution in [1.82, 2.24) is 0 Å². The van der Waals surface area contributed by atoms with Gasteiger partial charge < -0.3 is 5.73 Å². The van der Waals surface area contributed by atoms with Crippen LogP contribution in [0.3, 0.4) is 0 Å². The summed E-state index contributed by atoms with van der Waals surface area (Å²) in [6.45, 7) is 8.99. The van der Waals surface area contributed by atoms with Crippen LogP contribution in [0.1, 0.15) is 61.1 Å². The van der Waals surface area contributed by atoms with Crippen molar-refractivity contribution in [2.45, 2.75) is 38.5 Å². The van der Waals surface area contributed by atoms with E-state index in [1.54, 1.807) is 0 Å². The van der Waals surface area contributed by atoms with Gasteiger partial charge in [-0.2, -0.15) is 0 Å². The first-order valence-corrected chi connectivity index (χ1v) is 12.1. The highest BCUT2D eigenvalue weighted by molar-refractivity contribution is 6.10. The summed E-state index contributed by atoms with van der Waals surface area (Å²) in [6, 6.07) is 29.6. The molecule has 0 radical (unpaired) electrons. The van der Waals surface area contributed by atoms with Crippen molar-refractivity contribution in [3.8, 4) is 22.3 Å². The van der Waals surface area contributed by atoms with E-state index < -0.39 is 0 Å². The second-order valence-electron chi connectivity index (χ2n) is 10.7. The van der Waals surface area contributed by atoms with Crippen LogP contribution in [0.25, 0.3) is 22.3 Å². The normalized spacial score (nSPS) is 16.3. The molecule has 2 aliphatic rings. The highest BCUT2D eigenvalue weighted by Crippen LogP contribution is 2.49. The lowest BCUT2D eigenvalue weighted by Crippen LogP contribution is -2.19. The van der Waals surface area contributed by atoms with Gasteiger partial charge in [0.15, 0.2) is 5.84 Å². The number of hydrogen-bond donors (Lipinski definition) is 2. The average molecular weight is 456 g/mol. The lowest BCUT2D eigenvalue weighted by atomic mass is 9.82. The molecule has 0 saturated carbocycles. The Morgan fingerprint density at radius 2 is 1.03 bits per heavy atom. The van der Waals surface area contributed by atoms with Gasteiger partial charge in [-0.15, -0.1) is 0 Å². The fraction of sp³-hybridized carbons (Fsp3) is 0.188. The summed E-state index contributed by atoms with van der Waals surface area (Å²) < 4.78 is 0. The van der Waals surface area contributed by atoms with Gasteiger partial charge in [-0.25, -0.2) is 4.99 Å². The molecule has 172 valence electrons. The van der Waals surface area contributed by atoms with Crippen LogP contribution in [0, 0.1) is 5.41 Å². The smallest absolute Gasteiger partial charge is 0.154 e. The molecule has 4 aromatic carbocycles. The predicted octanol–water partition coefficient (Wildman–Crippen LogP) is 7.03. The molecular weight excluding hydrogens is 426 g/mol. The van der Waals surface area contributed by atoms with Crippen LogP contribution in [0.2, 0.25) is 0 Å². The van der Waals surface area contributed by atoms with Crippen LogP contribution in [0.4, 0.5) is 0 Å². The van der Waals surface area contributed by atoms with Crippen LogP contribution in [0.15, 0.2) is 89.9 Å². The standard InChI is InChI=1S/C32H29N3/c1-31(2)25-11-7-5-9-21(25)23-15-13-19(17-27(23)31)29(33)35-30(34)20-14-16-24-22-10-6-8-12-26(22)32(3,4)28(24)18-20/h5-18H,1-4H3,(H3,33,34,35). The Morgan fingerprint density at radius 1 is 0.600 bits per heavy atom. The largest absolute Gasteiger partial charge is 0.383 e. The third-order valence-electron chi connectivity index (χ3n) is 7.97.